The number of pyridine rings is 1. The van der Waals surface area contributed by atoms with Crippen LogP contribution in [0.25, 0.3) is 0 Å². The molecule has 0 saturated heterocycles. The molecule has 3 rings (SSSR count). The molecule has 0 atom stereocenters. The Bertz CT molecular complexity index is 1170. The summed E-state index contributed by atoms with van der Waals surface area (Å²) in [6, 6.07) is 17.5. The summed E-state index contributed by atoms with van der Waals surface area (Å²) < 4.78 is 32.5. The molecule has 0 saturated carbocycles. The van der Waals surface area contributed by atoms with E-state index >= 15 is 0 Å². The van der Waals surface area contributed by atoms with E-state index in [4.69, 9.17) is 4.74 Å². The van der Waals surface area contributed by atoms with Gasteiger partial charge in [0, 0.05) is 24.4 Å². The summed E-state index contributed by atoms with van der Waals surface area (Å²) >= 11 is 0. The first-order valence-electron chi connectivity index (χ1n) is 9.13. The molecule has 3 N–H and O–H groups in total. The number of aromatic nitrogens is 1. The van der Waals surface area contributed by atoms with E-state index in [1.165, 1.54) is 49.7 Å². The van der Waals surface area contributed by atoms with Gasteiger partial charge in [-0.25, -0.2) is 18.1 Å². The number of hydrogen-bond acceptors (Lipinski definition) is 6. The third-order valence-electron chi connectivity index (χ3n) is 4.21. The summed E-state index contributed by atoms with van der Waals surface area (Å²) in [7, 11) is -2.38. The first-order valence-corrected chi connectivity index (χ1v) is 10.6. The molecule has 160 valence electrons. The monoisotopic (exact) mass is 440 g/mol. The predicted octanol–water partition coefficient (Wildman–Crippen LogP) is 1.64. The van der Waals surface area contributed by atoms with Crippen LogP contribution in [0.4, 0.5) is 0 Å². The van der Waals surface area contributed by atoms with E-state index in [0.717, 1.165) is 5.56 Å². The van der Waals surface area contributed by atoms with E-state index in [1.54, 1.807) is 12.1 Å². The number of sulfonamides is 1. The van der Waals surface area contributed by atoms with Crippen LogP contribution in [0.5, 0.6) is 5.88 Å². The molecule has 0 aliphatic rings. The van der Waals surface area contributed by atoms with Gasteiger partial charge in [0.15, 0.2) is 0 Å². The third-order valence-corrected chi connectivity index (χ3v) is 5.61. The molecule has 0 radical (unpaired) electrons. The lowest BCUT2D eigenvalue weighted by Crippen LogP contribution is -2.41. The van der Waals surface area contributed by atoms with Crippen molar-refractivity contribution in [1.29, 1.82) is 0 Å². The molecule has 3 aromatic rings. The lowest BCUT2D eigenvalue weighted by molar-refractivity contribution is 0.0846. The molecule has 0 aliphatic heterocycles. The second kappa shape index (κ2) is 9.83. The van der Waals surface area contributed by atoms with Crippen molar-refractivity contribution in [3.8, 4) is 5.88 Å². The highest BCUT2D eigenvalue weighted by molar-refractivity contribution is 7.89. The van der Waals surface area contributed by atoms with E-state index in [1.807, 2.05) is 18.2 Å². The molecule has 2 amide bonds. The first kappa shape index (κ1) is 21.9. The zero-order chi connectivity index (χ0) is 22.3. The zero-order valence-electron chi connectivity index (χ0n) is 16.5. The Kier molecular flexibility index (Phi) is 6.96. The maximum absolute atomic E-state index is 12.6. The van der Waals surface area contributed by atoms with Crippen LogP contribution >= 0.6 is 0 Å². The van der Waals surface area contributed by atoms with Crippen LogP contribution in [-0.2, 0) is 16.6 Å². The number of nitrogens with zero attached hydrogens (tertiary/aromatic N) is 1. The maximum Gasteiger partial charge on any atom is 0.271 e. The van der Waals surface area contributed by atoms with Gasteiger partial charge in [0.2, 0.25) is 15.9 Å². The normalized spacial score (nSPS) is 10.9. The van der Waals surface area contributed by atoms with Crippen molar-refractivity contribution in [2.45, 2.75) is 11.4 Å². The fraction of sp³-hybridized carbons (Fsp3) is 0.0952. The van der Waals surface area contributed by atoms with Crippen molar-refractivity contribution >= 4 is 21.8 Å². The molecule has 2 aromatic carbocycles. The summed E-state index contributed by atoms with van der Waals surface area (Å²) in [6.45, 7) is 0.117. The molecular formula is C21H20N4O5S. The molecule has 1 heterocycles. The second-order valence-electron chi connectivity index (χ2n) is 6.34. The van der Waals surface area contributed by atoms with E-state index in [9.17, 15) is 18.0 Å². The van der Waals surface area contributed by atoms with Gasteiger partial charge >= 0.3 is 0 Å². The van der Waals surface area contributed by atoms with Crippen molar-refractivity contribution in [1.82, 2.24) is 20.6 Å². The van der Waals surface area contributed by atoms with Crippen LogP contribution < -0.4 is 20.3 Å². The molecule has 0 spiro atoms. The Balaban J connectivity index is 1.63. The minimum atomic E-state index is -3.83. The molecule has 0 unspecified atom stereocenters. The number of benzene rings is 2. The minimum Gasteiger partial charge on any atom is -0.481 e. The quantitative estimate of drug-likeness (QED) is 0.480. The highest BCUT2D eigenvalue weighted by Gasteiger charge is 2.17. The highest BCUT2D eigenvalue weighted by atomic mass is 32.2. The number of carbonyl (C=O) groups is 2. The van der Waals surface area contributed by atoms with Gasteiger partial charge in [-0.1, -0.05) is 36.4 Å². The van der Waals surface area contributed by atoms with Crippen LogP contribution in [-0.4, -0.2) is 32.3 Å². The summed E-state index contributed by atoms with van der Waals surface area (Å²) in [4.78, 5) is 28.3. The fourth-order valence-corrected chi connectivity index (χ4v) is 3.62. The largest absolute Gasteiger partial charge is 0.481 e. The van der Waals surface area contributed by atoms with Crippen molar-refractivity contribution < 1.29 is 22.7 Å². The number of rotatable bonds is 7. The van der Waals surface area contributed by atoms with Gasteiger partial charge in [-0.3, -0.25) is 20.4 Å². The Morgan fingerprint density at radius 3 is 2.26 bits per heavy atom. The third kappa shape index (κ3) is 5.87. The standard InChI is InChI=1S/C21H20N4O5S/c1-30-19-11-10-17(14-22-19)21(27)25-24-20(26)16-8-5-9-18(12-16)31(28,29)23-13-15-6-3-2-4-7-15/h2-12,14,23H,13H2,1H3,(H,24,26)(H,25,27). The van der Waals surface area contributed by atoms with E-state index in [-0.39, 0.29) is 22.6 Å². The van der Waals surface area contributed by atoms with Crippen LogP contribution in [0.1, 0.15) is 26.3 Å². The SMILES string of the molecule is COc1ccc(C(=O)NNC(=O)c2cccc(S(=O)(=O)NCc3ccccc3)c2)cn1. The average Bonchev–Trinajstić information content (AvgIpc) is 2.82. The molecule has 0 fully saturated rings. The zero-order valence-corrected chi connectivity index (χ0v) is 17.3. The molecular weight excluding hydrogens is 420 g/mol. The Labute approximate surface area is 179 Å². The van der Waals surface area contributed by atoms with Gasteiger partial charge in [-0.2, -0.15) is 0 Å². The lowest BCUT2D eigenvalue weighted by Gasteiger charge is -2.10. The van der Waals surface area contributed by atoms with Crippen LogP contribution in [0.15, 0.2) is 77.8 Å². The molecule has 10 heteroatoms. The Hall–Kier alpha value is -3.76. The molecule has 0 aliphatic carbocycles. The van der Waals surface area contributed by atoms with Crippen LogP contribution in [0.3, 0.4) is 0 Å². The van der Waals surface area contributed by atoms with Crippen molar-refractivity contribution in [2.24, 2.45) is 0 Å². The lowest BCUT2D eigenvalue weighted by atomic mass is 10.2. The Morgan fingerprint density at radius 1 is 0.903 bits per heavy atom. The minimum absolute atomic E-state index is 0.0655. The van der Waals surface area contributed by atoms with Crippen LogP contribution in [0, 0.1) is 0 Å². The molecule has 0 bridgehead atoms. The summed E-state index contributed by atoms with van der Waals surface area (Å²) in [6.07, 6.45) is 1.30. The van der Waals surface area contributed by atoms with Gasteiger partial charge < -0.3 is 4.74 Å². The molecule has 1 aromatic heterocycles. The van der Waals surface area contributed by atoms with Crippen molar-refractivity contribution in [2.75, 3.05) is 7.11 Å². The first-order chi connectivity index (χ1) is 14.9. The number of amides is 2. The number of methoxy groups -OCH3 is 1. The number of carbonyl (C=O) groups excluding carboxylic acids is 2. The van der Waals surface area contributed by atoms with Gasteiger partial charge in [-0.05, 0) is 29.8 Å². The van der Waals surface area contributed by atoms with Crippen molar-refractivity contribution in [3.63, 3.8) is 0 Å². The predicted molar refractivity (Wildman–Crippen MR) is 113 cm³/mol. The topological polar surface area (TPSA) is 126 Å². The number of ether oxygens (including phenoxy) is 1. The number of nitrogens with one attached hydrogen (secondary N) is 3. The summed E-state index contributed by atoms with van der Waals surface area (Å²) in [5.74, 6) is -0.911. The van der Waals surface area contributed by atoms with E-state index in [0.29, 0.717) is 5.88 Å². The summed E-state index contributed by atoms with van der Waals surface area (Å²) in [5, 5.41) is 0. The molecule has 31 heavy (non-hydrogen) atoms. The van der Waals surface area contributed by atoms with E-state index < -0.39 is 21.8 Å². The fourth-order valence-electron chi connectivity index (χ4n) is 2.56. The van der Waals surface area contributed by atoms with Gasteiger partial charge in [0.25, 0.3) is 11.8 Å². The van der Waals surface area contributed by atoms with Gasteiger partial charge in [-0.15, -0.1) is 0 Å². The van der Waals surface area contributed by atoms with Crippen molar-refractivity contribution in [3.05, 3.63) is 89.6 Å². The summed E-state index contributed by atoms with van der Waals surface area (Å²) in [5.41, 5.74) is 5.58. The van der Waals surface area contributed by atoms with Gasteiger partial charge in [0.1, 0.15) is 0 Å². The smallest absolute Gasteiger partial charge is 0.271 e. The van der Waals surface area contributed by atoms with Gasteiger partial charge in [0.05, 0.1) is 17.6 Å². The van der Waals surface area contributed by atoms with E-state index in [2.05, 4.69) is 20.6 Å². The number of hydrazine groups is 1. The second-order valence-corrected chi connectivity index (χ2v) is 8.10. The van der Waals surface area contributed by atoms with Crippen LogP contribution in [0.2, 0.25) is 0 Å². The maximum atomic E-state index is 12.6. The number of hydrogen-bond donors (Lipinski definition) is 3. The Morgan fingerprint density at radius 2 is 1.61 bits per heavy atom. The average molecular weight is 440 g/mol. The molecule has 9 nitrogen and oxygen atoms in total. The highest BCUT2D eigenvalue weighted by Crippen LogP contribution is 2.12.